The minimum Gasteiger partial charge on any atom is -0.340 e. The Balaban J connectivity index is 1.34. The maximum absolute atomic E-state index is 13.2. The fraction of sp³-hybridized carbons (Fsp3) is 0.407. The van der Waals surface area contributed by atoms with Crippen LogP contribution in [-0.4, -0.2) is 73.6 Å². The molecule has 0 aromatic heterocycles. The standard InChI is InChI=1S/C27H33N3O4S/c1-21-17-22(2)19-25(18-21)27(32)29-11-6-9-24(20-29)26(31)28-12-14-30(15-13-28)35(33,34)16-10-23-7-4-3-5-8-23/h3-5,7-8,10,16-19,24H,6,9,11-15,20H2,1-2H3. The van der Waals surface area contributed by atoms with Gasteiger partial charge >= 0.3 is 0 Å². The number of hydrogen-bond donors (Lipinski definition) is 0. The molecular weight excluding hydrogens is 462 g/mol. The average Bonchev–Trinajstić information content (AvgIpc) is 2.87. The van der Waals surface area contributed by atoms with Gasteiger partial charge in [-0.3, -0.25) is 9.59 Å². The van der Waals surface area contributed by atoms with Crippen molar-refractivity contribution >= 4 is 27.9 Å². The van der Waals surface area contributed by atoms with Gasteiger partial charge in [-0.2, -0.15) is 4.31 Å². The summed E-state index contributed by atoms with van der Waals surface area (Å²) >= 11 is 0. The Labute approximate surface area is 208 Å². The number of likely N-dealkylation sites (tertiary alicyclic amines) is 1. The fourth-order valence-corrected chi connectivity index (χ4v) is 6.05. The zero-order valence-electron chi connectivity index (χ0n) is 20.4. The Kier molecular flexibility index (Phi) is 7.72. The van der Waals surface area contributed by atoms with E-state index in [0.717, 1.165) is 29.5 Å². The third-order valence-electron chi connectivity index (χ3n) is 6.67. The summed E-state index contributed by atoms with van der Waals surface area (Å²) in [4.78, 5) is 29.9. The first-order valence-electron chi connectivity index (χ1n) is 12.1. The van der Waals surface area contributed by atoms with Crippen LogP contribution >= 0.6 is 0 Å². The number of hydrogen-bond acceptors (Lipinski definition) is 4. The lowest BCUT2D eigenvalue weighted by Crippen LogP contribution is -2.53. The van der Waals surface area contributed by atoms with Crippen molar-refractivity contribution in [2.45, 2.75) is 26.7 Å². The van der Waals surface area contributed by atoms with E-state index in [-0.39, 0.29) is 30.8 Å². The zero-order chi connectivity index (χ0) is 25.0. The number of nitrogens with zero attached hydrogens (tertiary/aromatic N) is 3. The Hall–Kier alpha value is -2.97. The van der Waals surface area contributed by atoms with Gasteiger partial charge < -0.3 is 9.80 Å². The van der Waals surface area contributed by atoms with E-state index in [1.54, 1.807) is 15.9 Å². The van der Waals surface area contributed by atoms with Crippen LogP contribution in [0.2, 0.25) is 0 Å². The van der Waals surface area contributed by atoms with Crippen LogP contribution in [0.25, 0.3) is 6.08 Å². The van der Waals surface area contributed by atoms with E-state index in [1.165, 1.54) is 9.71 Å². The summed E-state index contributed by atoms with van der Waals surface area (Å²) in [6.45, 7) is 6.26. The highest BCUT2D eigenvalue weighted by molar-refractivity contribution is 7.92. The number of carbonyl (C=O) groups is 2. The molecule has 2 aliphatic heterocycles. The van der Waals surface area contributed by atoms with Crippen molar-refractivity contribution in [1.82, 2.24) is 14.1 Å². The molecule has 0 N–H and O–H groups in total. The average molecular weight is 496 g/mol. The van der Waals surface area contributed by atoms with Crippen molar-refractivity contribution in [3.05, 3.63) is 76.2 Å². The maximum atomic E-state index is 13.2. The molecule has 8 heteroatoms. The largest absolute Gasteiger partial charge is 0.340 e. The molecule has 0 aliphatic carbocycles. The third kappa shape index (κ3) is 6.18. The molecule has 4 rings (SSSR count). The lowest BCUT2D eigenvalue weighted by Gasteiger charge is -2.38. The summed E-state index contributed by atoms with van der Waals surface area (Å²) in [5, 5.41) is 1.23. The van der Waals surface area contributed by atoms with Crippen LogP contribution in [0.5, 0.6) is 0 Å². The summed E-state index contributed by atoms with van der Waals surface area (Å²) in [6, 6.07) is 15.1. The smallest absolute Gasteiger partial charge is 0.253 e. The molecule has 0 spiro atoms. The predicted molar refractivity (Wildman–Crippen MR) is 137 cm³/mol. The number of aryl methyl sites for hydroxylation is 2. The van der Waals surface area contributed by atoms with Crippen LogP contribution in [0.4, 0.5) is 0 Å². The number of amides is 2. The maximum Gasteiger partial charge on any atom is 0.253 e. The number of carbonyl (C=O) groups excluding carboxylic acids is 2. The van der Waals surface area contributed by atoms with Crippen molar-refractivity contribution < 1.29 is 18.0 Å². The van der Waals surface area contributed by atoms with Crippen molar-refractivity contribution in [3.8, 4) is 0 Å². The highest BCUT2D eigenvalue weighted by Crippen LogP contribution is 2.23. The lowest BCUT2D eigenvalue weighted by atomic mass is 9.95. The van der Waals surface area contributed by atoms with E-state index >= 15 is 0 Å². The van der Waals surface area contributed by atoms with E-state index in [4.69, 9.17) is 0 Å². The molecule has 2 aromatic rings. The van der Waals surface area contributed by atoms with Gasteiger partial charge in [0.15, 0.2) is 0 Å². The molecule has 2 heterocycles. The Morgan fingerprint density at radius 2 is 1.54 bits per heavy atom. The van der Waals surface area contributed by atoms with Gasteiger partial charge in [-0.05, 0) is 50.5 Å². The van der Waals surface area contributed by atoms with Gasteiger partial charge in [0.25, 0.3) is 5.91 Å². The monoisotopic (exact) mass is 495 g/mol. The van der Waals surface area contributed by atoms with Crippen molar-refractivity contribution in [2.24, 2.45) is 5.92 Å². The fourth-order valence-electron chi connectivity index (χ4n) is 4.88. The SMILES string of the molecule is Cc1cc(C)cc(C(=O)N2CCCC(C(=O)N3CCN(S(=O)(=O)C=Cc4ccccc4)CC3)C2)c1. The summed E-state index contributed by atoms with van der Waals surface area (Å²) in [5.74, 6) is -0.269. The Bertz CT molecular complexity index is 1180. The molecule has 2 aromatic carbocycles. The minimum atomic E-state index is -3.55. The van der Waals surface area contributed by atoms with Gasteiger partial charge in [-0.1, -0.05) is 47.5 Å². The summed E-state index contributed by atoms with van der Waals surface area (Å²) < 4.78 is 26.9. The Morgan fingerprint density at radius 1 is 0.886 bits per heavy atom. The van der Waals surface area contributed by atoms with E-state index < -0.39 is 10.0 Å². The van der Waals surface area contributed by atoms with Crippen molar-refractivity contribution in [1.29, 1.82) is 0 Å². The van der Waals surface area contributed by atoms with E-state index in [9.17, 15) is 18.0 Å². The van der Waals surface area contributed by atoms with Crippen LogP contribution in [0.3, 0.4) is 0 Å². The van der Waals surface area contributed by atoms with Crippen molar-refractivity contribution in [2.75, 3.05) is 39.3 Å². The molecule has 0 bridgehead atoms. The summed E-state index contributed by atoms with van der Waals surface area (Å²) in [7, 11) is -3.55. The van der Waals surface area contributed by atoms with E-state index in [1.807, 2.05) is 62.4 Å². The quantitative estimate of drug-likeness (QED) is 0.638. The molecule has 35 heavy (non-hydrogen) atoms. The first-order chi connectivity index (χ1) is 16.7. The van der Waals surface area contributed by atoms with Gasteiger partial charge in [0, 0.05) is 50.2 Å². The van der Waals surface area contributed by atoms with Crippen LogP contribution in [0.15, 0.2) is 53.9 Å². The van der Waals surface area contributed by atoms with Gasteiger partial charge in [-0.25, -0.2) is 8.42 Å². The second-order valence-corrected chi connectivity index (χ2v) is 11.3. The van der Waals surface area contributed by atoms with E-state index in [0.29, 0.717) is 31.7 Å². The van der Waals surface area contributed by atoms with Gasteiger partial charge in [0.05, 0.1) is 5.92 Å². The lowest BCUT2D eigenvalue weighted by molar-refractivity contribution is -0.138. The number of piperidine rings is 1. The second kappa shape index (κ2) is 10.7. The molecule has 186 valence electrons. The van der Waals surface area contributed by atoms with Crippen LogP contribution < -0.4 is 0 Å². The van der Waals surface area contributed by atoms with Gasteiger partial charge in [-0.15, -0.1) is 0 Å². The third-order valence-corrected chi connectivity index (χ3v) is 8.23. The highest BCUT2D eigenvalue weighted by atomic mass is 32.2. The molecule has 0 radical (unpaired) electrons. The number of rotatable bonds is 5. The molecule has 2 amide bonds. The van der Waals surface area contributed by atoms with Crippen LogP contribution in [-0.2, 0) is 14.8 Å². The van der Waals surface area contributed by atoms with Crippen LogP contribution in [0.1, 0.15) is 39.9 Å². The first-order valence-corrected chi connectivity index (χ1v) is 13.6. The molecule has 2 aliphatic rings. The normalized spacial score (nSPS) is 19.8. The molecular formula is C27H33N3O4S. The molecule has 1 unspecified atom stereocenters. The number of piperazine rings is 1. The van der Waals surface area contributed by atoms with E-state index in [2.05, 4.69) is 0 Å². The molecule has 7 nitrogen and oxygen atoms in total. The summed E-state index contributed by atoms with van der Waals surface area (Å²) in [5.41, 5.74) is 3.58. The summed E-state index contributed by atoms with van der Waals surface area (Å²) in [6.07, 6.45) is 3.12. The second-order valence-electron chi connectivity index (χ2n) is 9.45. The predicted octanol–water partition coefficient (Wildman–Crippen LogP) is 3.30. The zero-order valence-corrected chi connectivity index (χ0v) is 21.2. The van der Waals surface area contributed by atoms with Crippen molar-refractivity contribution in [3.63, 3.8) is 0 Å². The highest BCUT2D eigenvalue weighted by Gasteiger charge is 2.34. The molecule has 2 fully saturated rings. The minimum absolute atomic E-state index is 0.0137. The number of benzene rings is 2. The molecule has 0 saturated carbocycles. The van der Waals surface area contributed by atoms with Crippen LogP contribution in [0, 0.1) is 19.8 Å². The molecule has 2 saturated heterocycles. The number of sulfonamides is 1. The topological polar surface area (TPSA) is 78.0 Å². The molecule has 1 atom stereocenters. The first kappa shape index (κ1) is 25.1. The van der Waals surface area contributed by atoms with Gasteiger partial charge in [0.1, 0.15) is 0 Å². The Morgan fingerprint density at radius 3 is 2.20 bits per heavy atom. The van der Waals surface area contributed by atoms with Gasteiger partial charge in [0.2, 0.25) is 15.9 Å².